The van der Waals surface area contributed by atoms with Crippen LogP contribution in [0.3, 0.4) is 0 Å². The number of nitrogens with two attached hydrogens (primary N) is 1. The predicted octanol–water partition coefficient (Wildman–Crippen LogP) is 3.49. The van der Waals surface area contributed by atoms with E-state index in [1.54, 1.807) is 27.4 Å². The van der Waals surface area contributed by atoms with Crippen LogP contribution < -0.4 is 19.9 Å². The quantitative estimate of drug-likeness (QED) is 0.865. The number of nitrogens with zero attached hydrogens (tertiary/aromatic N) is 2. The Bertz CT molecular complexity index is 826. The monoisotopic (exact) mass is 341 g/mol. The molecule has 0 saturated carbocycles. The Hall–Kier alpha value is -2.94. The molecule has 0 radical (unpaired) electrons. The van der Waals surface area contributed by atoms with Crippen molar-refractivity contribution in [3.63, 3.8) is 0 Å². The highest BCUT2D eigenvalue weighted by molar-refractivity contribution is 5.84. The Morgan fingerprint density at radius 3 is 2.20 bits per heavy atom. The Balaban J connectivity index is 2.92. The van der Waals surface area contributed by atoms with Gasteiger partial charge in [-0.15, -0.1) is 0 Å². The number of ether oxygens (including phenoxy) is 3. The van der Waals surface area contributed by atoms with Crippen LogP contribution in [0.2, 0.25) is 0 Å². The lowest BCUT2D eigenvalue weighted by Gasteiger charge is -2.19. The lowest BCUT2D eigenvalue weighted by Crippen LogP contribution is -2.06. The van der Waals surface area contributed by atoms with Crippen molar-refractivity contribution in [1.29, 1.82) is 5.26 Å². The van der Waals surface area contributed by atoms with Gasteiger partial charge in [0.05, 0.1) is 21.3 Å². The first-order valence-electron chi connectivity index (χ1n) is 8.01. The lowest BCUT2D eigenvalue weighted by molar-refractivity contribution is 0.349. The number of anilines is 1. The Morgan fingerprint density at radius 2 is 1.68 bits per heavy atom. The van der Waals surface area contributed by atoms with Crippen molar-refractivity contribution in [1.82, 2.24) is 4.98 Å². The van der Waals surface area contributed by atoms with Gasteiger partial charge in [0.15, 0.2) is 11.5 Å². The zero-order valence-electron chi connectivity index (χ0n) is 15.3. The molecule has 25 heavy (non-hydrogen) atoms. The molecule has 0 saturated heterocycles. The van der Waals surface area contributed by atoms with Gasteiger partial charge < -0.3 is 19.9 Å². The maximum Gasteiger partial charge on any atom is 0.164 e. The summed E-state index contributed by atoms with van der Waals surface area (Å²) in [6.07, 6.45) is 1.69. The first-order valence-corrected chi connectivity index (χ1v) is 8.01. The topological polar surface area (TPSA) is 90.4 Å². The summed E-state index contributed by atoms with van der Waals surface area (Å²) in [5.74, 6) is 1.90. The maximum atomic E-state index is 9.67. The van der Waals surface area contributed by atoms with Gasteiger partial charge in [0, 0.05) is 22.9 Å². The lowest BCUT2D eigenvalue weighted by atomic mass is 9.91. The number of rotatable bonds is 6. The van der Waals surface area contributed by atoms with Crippen LogP contribution in [0, 0.1) is 18.3 Å². The number of hydrogen-bond donors (Lipinski definition) is 1. The SMILES string of the molecule is CCCc1c(C)nc(N)c(C#N)c1-c1cc(OC)c(OC)cc1OC. The van der Waals surface area contributed by atoms with E-state index < -0.39 is 0 Å². The van der Waals surface area contributed by atoms with E-state index in [9.17, 15) is 5.26 Å². The van der Waals surface area contributed by atoms with Crippen molar-refractivity contribution < 1.29 is 14.2 Å². The average Bonchev–Trinajstić information content (AvgIpc) is 2.62. The molecular weight excluding hydrogens is 318 g/mol. The second-order valence-electron chi connectivity index (χ2n) is 5.58. The molecule has 2 aromatic rings. The van der Waals surface area contributed by atoms with Gasteiger partial charge in [-0.05, 0) is 25.0 Å². The molecule has 1 aromatic heterocycles. The van der Waals surface area contributed by atoms with Gasteiger partial charge in [0.2, 0.25) is 0 Å². The molecule has 2 N–H and O–H groups in total. The van der Waals surface area contributed by atoms with Gasteiger partial charge >= 0.3 is 0 Å². The molecule has 2 rings (SSSR count). The molecule has 132 valence electrons. The van der Waals surface area contributed by atoms with Gasteiger partial charge in [-0.1, -0.05) is 13.3 Å². The standard InChI is InChI=1S/C19H23N3O3/c1-6-7-12-11(2)22-19(21)14(10-20)18(12)13-8-16(24-4)17(25-5)9-15(13)23-3/h8-9H,6-7H2,1-5H3,(H2,21,22). The van der Waals surface area contributed by atoms with Crippen LogP contribution in [0.1, 0.15) is 30.2 Å². The highest BCUT2D eigenvalue weighted by Gasteiger charge is 2.22. The van der Waals surface area contributed by atoms with Crippen molar-refractivity contribution >= 4 is 5.82 Å². The molecule has 0 spiro atoms. The molecule has 0 aliphatic heterocycles. The summed E-state index contributed by atoms with van der Waals surface area (Å²) in [5, 5.41) is 9.67. The van der Waals surface area contributed by atoms with Crippen LogP contribution in [0.5, 0.6) is 17.2 Å². The molecule has 1 heterocycles. The summed E-state index contributed by atoms with van der Waals surface area (Å²) in [4.78, 5) is 4.34. The van der Waals surface area contributed by atoms with E-state index >= 15 is 0 Å². The van der Waals surface area contributed by atoms with Crippen LogP contribution in [0.15, 0.2) is 12.1 Å². The minimum absolute atomic E-state index is 0.215. The van der Waals surface area contributed by atoms with Crippen molar-refractivity contribution in [3.05, 3.63) is 29.0 Å². The Labute approximate surface area is 148 Å². The van der Waals surface area contributed by atoms with Gasteiger partial charge in [-0.3, -0.25) is 0 Å². The van der Waals surface area contributed by atoms with E-state index in [-0.39, 0.29) is 5.82 Å². The molecule has 0 bridgehead atoms. The van der Waals surface area contributed by atoms with E-state index in [1.165, 1.54) is 0 Å². The van der Waals surface area contributed by atoms with Gasteiger partial charge in [-0.25, -0.2) is 4.98 Å². The van der Waals surface area contributed by atoms with Gasteiger partial charge in [0.25, 0.3) is 0 Å². The summed E-state index contributed by atoms with van der Waals surface area (Å²) in [7, 11) is 4.71. The molecule has 0 aliphatic rings. The van der Waals surface area contributed by atoms with Crippen LogP contribution >= 0.6 is 0 Å². The minimum Gasteiger partial charge on any atom is -0.496 e. The number of hydrogen-bond acceptors (Lipinski definition) is 6. The average molecular weight is 341 g/mol. The van der Waals surface area contributed by atoms with Crippen LogP contribution in [0.25, 0.3) is 11.1 Å². The molecule has 0 amide bonds. The van der Waals surface area contributed by atoms with Crippen molar-refractivity contribution in [3.8, 4) is 34.4 Å². The Kier molecular flexibility index (Phi) is 5.71. The largest absolute Gasteiger partial charge is 0.496 e. The summed E-state index contributed by atoms with van der Waals surface area (Å²) in [5.41, 5.74) is 9.64. The van der Waals surface area contributed by atoms with Crippen molar-refractivity contribution in [2.75, 3.05) is 27.1 Å². The number of methoxy groups -OCH3 is 3. The van der Waals surface area contributed by atoms with E-state index in [0.29, 0.717) is 22.8 Å². The third kappa shape index (κ3) is 3.31. The van der Waals surface area contributed by atoms with Gasteiger partial charge in [-0.2, -0.15) is 5.26 Å². The number of benzene rings is 1. The van der Waals surface area contributed by atoms with Crippen molar-refractivity contribution in [2.24, 2.45) is 0 Å². The summed E-state index contributed by atoms with van der Waals surface area (Å²) < 4.78 is 16.3. The number of nitrogen functional groups attached to an aromatic ring is 1. The number of pyridine rings is 1. The predicted molar refractivity (Wildman–Crippen MR) is 97.2 cm³/mol. The first-order chi connectivity index (χ1) is 12.0. The fraction of sp³-hybridized carbons (Fsp3) is 0.368. The smallest absolute Gasteiger partial charge is 0.164 e. The third-order valence-corrected chi connectivity index (χ3v) is 4.12. The molecule has 0 unspecified atom stereocenters. The molecular formula is C19H23N3O3. The van der Waals surface area contributed by atoms with Crippen LogP contribution in [0.4, 0.5) is 5.82 Å². The molecule has 6 nitrogen and oxygen atoms in total. The number of nitriles is 1. The summed E-state index contributed by atoms with van der Waals surface area (Å²) in [6, 6.07) is 5.75. The molecule has 1 aromatic carbocycles. The molecule has 0 fully saturated rings. The van der Waals surface area contributed by atoms with Crippen LogP contribution in [-0.4, -0.2) is 26.3 Å². The fourth-order valence-electron chi connectivity index (χ4n) is 2.95. The Morgan fingerprint density at radius 1 is 1.08 bits per heavy atom. The number of aryl methyl sites for hydroxylation is 1. The van der Waals surface area contributed by atoms with Crippen LogP contribution in [-0.2, 0) is 6.42 Å². The normalized spacial score (nSPS) is 10.2. The van der Waals surface area contributed by atoms with E-state index in [2.05, 4.69) is 18.0 Å². The molecule has 0 aliphatic carbocycles. The highest BCUT2D eigenvalue weighted by Crippen LogP contribution is 2.43. The number of aromatic nitrogens is 1. The van der Waals surface area contributed by atoms with E-state index in [4.69, 9.17) is 19.9 Å². The van der Waals surface area contributed by atoms with E-state index in [1.807, 2.05) is 13.0 Å². The first kappa shape index (κ1) is 18.4. The minimum atomic E-state index is 0.215. The third-order valence-electron chi connectivity index (χ3n) is 4.12. The second kappa shape index (κ2) is 7.75. The van der Waals surface area contributed by atoms with Crippen molar-refractivity contribution in [2.45, 2.75) is 26.7 Å². The highest BCUT2D eigenvalue weighted by atomic mass is 16.5. The zero-order chi connectivity index (χ0) is 18.6. The summed E-state index contributed by atoms with van der Waals surface area (Å²) >= 11 is 0. The fourth-order valence-corrected chi connectivity index (χ4v) is 2.95. The van der Waals surface area contributed by atoms with E-state index in [0.717, 1.165) is 35.2 Å². The van der Waals surface area contributed by atoms with Gasteiger partial charge in [0.1, 0.15) is 23.2 Å². The summed E-state index contributed by atoms with van der Waals surface area (Å²) in [6.45, 7) is 3.98. The second-order valence-corrected chi connectivity index (χ2v) is 5.58. The maximum absolute atomic E-state index is 9.67. The molecule has 6 heteroatoms. The zero-order valence-corrected chi connectivity index (χ0v) is 15.3. The molecule has 0 atom stereocenters.